The van der Waals surface area contributed by atoms with Crippen LogP contribution in [0.4, 0.5) is 0 Å². The number of aromatic nitrogens is 2. The topological polar surface area (TPSA) is 66.1 Å². The highest BCUT2D eigenvalue weighted by Crippen LogP contribution is 2.29. The summed E-state index contributed by atoms with van der Waals surface area (Å²) in [6, 6.07) is 5.35. The first-order valence-electron chi connectivity index (χ1n) is 6.73. The second-order valence-electron chi connectivity index (χ2n) is 5.08. The second kappa shape index (κ2) is 5.69. The lowest BCUT2D eigenvalue weighted by atomic mass is 10.2. The van der Waals surface area contributed by atoms with Gasteiger partial charge in [-0.2, -0.15) is 0 Å². The number of H-pyrrole nitrogens is 1. The molecule has 21 heavy (non-hydrogen) atoms. The molecule has 108 valence electrons. The summed E-state index contributed by atoms with van der Waals surface area (Å²) < 4.78 is 0. The summed E-state index contributed by atoms with van der Waals surface area (Å²) in [5.74, 6) is -0.280. The molecule has 3 rings (SSSR count). The predicted octanol–water partition coefficient (Wildman–Crippen LogP) is 2.23. The molecule has 0 spiro atoms. The summed E-state index contributed by atoms with van der Waals surface area (Å²) in [6.45, 7) is 0.470. The number of aromatic amines is 1. The van der Waals surface area contributed by atoms with Crippen LogP contribution in [0.5, 0.6) is 0 Å². The standard InChI is InChI=1S/C15H14ClN3O2/c16-11-7-13(14(20)18-8-11)15(21)19(12-1-2-12)9-10-3-5-17-6-4-10/h3-8,12H,1-2,9H2,(H,18,20). The SMILES string of the molecule is O=C(c1cc(Cl)c[nH]c1=O)N(Cc1ccncc1)C1CC1. The van der Waals surface area contributed by atoms with Crippen molar-refractivity contribution in [2.75, 3.05) is 0 Å². The van der Waals surface area contributed by atoms with Gasteiger partial charge < -0.3 is 9.88 Å². The van der Waals surface area contributed by atoms with Gasteiger partial charge in [0.1, 0.15) is 5.56 Å². The third-order valence-electron chi connectivity index (χ3n) is 3.45. The van der Waals surface area contributed by atoms with Crippen LogP contribution >= 0.6 is 11.6 Å². The zero-order valence-electron chi connectivity index (χ0n) is 11.3. The van der Waals surface area contributed by atoms with Crippen LogP contribution in [0.25, 0.3) is 0 Å². The number of amides is 1. The van der Waals surface area contributed by atoms with Gasteiger partial charge in [-0.25, -0.2) is 0 Å². The molecule has 0 unspecified atom stereocenters. The number of pyridine rings is 2. The average molecular weight is 304 g/mol. The highest BCUT2D eigenvalue weighted by molar-refractivity contribution is 6.30. The third-order valence-corrected chi connectivity index (χ3v) is 3.67. The van der Waals surface area contributed by atoms with E-state index in [2.05, 4.69) is 9.97 Å². The molecule has 1 amide bonds. The lowest BCUT2D eigenvalue weighted by Crippen LogP contribution is -2.36. The first-order valence-corrected chi connectivity index (χ1v) is 7.11. The Morgan fingerprint density at radius 3 is 2.76 bits per heavy atom. The summed E-state index contributed by atoms with van der Waals surface area (Å²) in [7, 11) is 0. The summed E-state index contributed by atoms with van der Waals surface area (Å²) in [5.41, 5.74) is 0.664. The first kappa shape index (κ1) is 13.8. The highest BCUT2D eigenvalue weighted by atomic mass is 35.5. The number of halogens is 1. The van der Waals surface area contributed by atoms with Crippen LogP contribution in [-0.2, 0) is 6.54 Å². The fourth-order valence-corrected chi connectivity index (χ4v) is 2.37. The Bertz CT molecular complexity index is 710. The number of hydrogen-bond acceptors (Lipinski definition) is 3. The van der Waals surface area contributed by atoms with Gasteiger partial charge in [0.2, 0.25) is 0 Å². The van der Waals surface area contributed by atoms with Gasteiger partial charge in [0.05, 0.1) is 5.02 Å². The number of carbonyl (C=O) groups excluding carboxylic acids is 1. The third kappa shape index (κ3) is 3.13. The van der Waals surface area contributed by atoms with Crippen LogP contribution in [0, 0.1) is 0 Å². The fraction of sp³-hybridized carbons (Fsp3) is 0.267. The van der Waals surface area contributed by atoms with Crippen molar-refractivity contribution in [1.29, 1.82) is 0 Å². The quantitative estimate of drug-likeness (QED) is 0.942. The van der Waals surface area contributed by atoms with Crippen molar-refractivity contribution in [3.05, 3.63) is 63.3 Å². The Morgan fingerprint density at radius 1 is 1.38 bits per heavy atom. The van der Waals surface area contributed by atoms with E-state index >= 15 is 0 Å². The van der Waals surface area contributed by atoms with Crippen LogP contribution in [0.3, 0.4) is 0 Å². The Hall–Kier alpha value is -2.14. The molecule has 0 atom stereocenters. The summed E-state index contributed by atoms with van der Waals surface area (Å²) in [6.07, 6.45) is 6.70. The molecule has 0 radical (unpaired) electrons. The van der Waals surface area contributed by atoms with E-state index in [4.69, 9.17) is 11.6 Å². The van der Waals surface area contributed by atoms with Gasteiger partial charge in [-0.3, -0.25) is 14.6 Å². The minimum Gasteiger partial charge on any atom is -0.331 e. The maximum atomic E-state index is 12.6. The lowest BCUT2D eigenvalue weighted by Gasteiger charge is -2.22. The first-order chi connectivity index (χ1) is 10.1. The van der Waals surface area contributed by atoms with Gasteiger partial charge in [0.25, 0.3) is 11.5 Å². The van der Waals surface area contributed by atoms with E-state index < -0.39 is 5.56 Å². The molecule has 0 aliphatic heterocycles. The maximum absolute atomic E-state index is 12.6. The highest BCUT2D eigenvalue weighted by Gasteiger charge is 2.34. The van der Waals surface area contributed by atoms with Crippen molar-refractivity contribution in [3.63, 3.8) is 0 Å². The number of nitrogens with zero attached hydrogens (tertiary/aromatic N) is 2. The number of nitrogens with one attached hydrogen (secondary N) is 1. The van der Waals surface area contributed by atoms with E-state index in [1.807, 2.05) is 12.1 Å². The molecule has 1 aliphatic carbocycles. The largest absolute Gasteiger partial charge is 0.331 e. The summed E-state index contributed by atoms with van der Waals surface area (Å²) in [5, 5.41) is 0.345. The van der Waals surface area contributed by atoms with Crippen molar-refractivity contribution < 1.29 is 4.79 Å². The zero-order valence-corrected chi connectivity index (χ0v) is 12.0. The summed E-state index contributed by atoms with van der Waals surface area (Å²) >= 11 is 5.87. The summed E-state index contributed by atoms with van der Waals surface area (Å²) in [4.78, 5) is 32.7. The number of carbonyl (C=O) groups is 1. The van der Waals surface area contributed by atoms with Crippen molar-refractivity contribution in [1.82, 2.24) is 14.9 Å². The molecule has 6 heteroatoms. The van der Waals surface area contributed by atoms with Crippen LogP contribution in [0.2, 0.25) is 5.02 Å². The monoisotopic (exact) mass is 303 g/mol. The van der Waals surface area contributed by atoms with Crippen molar-refractivity contribution in [2.45, 2.75) is 25.4 Å². The van der Waals surface area contributed by atoms with Gasteiger partial charge >= 0.3 is 0 Å². The molecule has 1 N–H and O–H groups in total. The lowest BCUT2D eigenvalue weighted by molar-refractivity contribution is 0.0728. The molecule has 2 aromatic rings. The number of rotatable bonds is 4. The van der Waals surface area contributed by atoms with E-state index in [-0.39, 0.29) is 17.5 Å². The van der Waals surface area contributed by atoms with Crippen molar-refractivity contribution in [2.24, 2.45) is 0 Å². The molecule has 1 fully saturated rings. The maximum Gasteiger partial charge on any atom is 0.260 e. The van der Waals surface area contributed by atoms with Crippen molar-refractivity contribution >= 4 is 17.5 Å². The van der Waals surface area contributed by atoms with E-state index in [1.165, 1.54) is 12.3 Å². The van der Waals surface area contributed by atoms with E-state index in [0.29, 0.717) is 11.6 Å². The van der Waals surface area contributed by atoms with Crippen molar-refractivity contribution in [3.8, 4) is 0 Å². The number of hydrogen-bond donors (Lipinski definition) is 1. The minimum absolute atomic E-state index is 0.0865. The van der Waals surface area contributed by atoms with E-state index in [0.717, 1.165) is 18.4 Å². The smallest absolute Gasteiger partial charge is 0.260 e. The Labute approximate surface area is 126 Å². The normalized spacial score (nSPS) is 14.0. The molecular weight excluding hydrogens is 290 g/mol. The van der Waals surface area contributed by atoms with Crippen LogP contribution in [0.1, 0.15) is 28.8 Å². The molecule has 2 heterocycles. The Balaban J connectivity index is 1.89. The van der Waals surface area contributed by atoms with Crippen LogP contribution in [0.15, 0.2) is 41.6 Å². The fourth-order valence-electron chi connectivity index (χ4n) is 2.21. The van der Waals surface area contributed by atoms with Crippen LogP contribution in [-0.4, -0.2) is 26.8 Å². The Morgan fingerprint density at radius 2 is 2.10 bits per heavy atom. The van der Waals surface area contributed by atoms with Gasteiger partial charge in [-0.15, -0.1) is 0 Å². The van der Waals surface area contributed by atoms with E-state index in [1.54, 1.807) is 17.3 Å². The molecule has 2 aromatic heterocycles. The predicted molar refractivity (Wildman–Crippen MR) is 79.2 cm³/mol. The molecule has 1 aliphatic rings. The van der Waals surface area contributed by atoms with Gasteiger partial charge in [-0.1, -0.05) is 11.6 Å². The van der Waals surface area contributed by atoms with E-state index in [9.17, 15) is 9.59 Å². The molecule has 0 saturated heterocycles. The zero-order chi connectivity index (χ0) is 14.8. The average Bonchev–Trinajstić information content (AvgIpc) is 3.32. The van der Waals surface area contributed by atoms with Gasteiger partial charge in [0, 0.05) is 31.2 Å². The molecule has 5 nitrogen and oxygen atoms in total. The molecular formula is C15H14ClN3O2. The minimum atomic E-state index is -0.412. The molecule has 0 aromatic carbocycles. The molecule has 0 bridgehead atoms. The second-order valence-corrected chi connectivity index (χ2v) is 5.52. The van der Waals surface area contributed by atoms with Gasteiger partial charge in [0.15, 0.2) is 0 Å². The molecule has 1 saturated carbocycles. The van der Waals surface area contributed by atoms with Crippen LogP contribution < -0.4 is 5.56 Å². The van der Waals surface area contributed by atoms with Gasteiger partial charge in [-0.05, 0) is 36.6 Å². The Kier molecular flexibility index (Phi) is 3.75.